The minimum absolute atomic E-state index is 0.150. The second-order valence-electron chi connectivity index (χ2n) is 7.03. The number of carbonyl (C=O) groups is 3. The first-order chi connectivity index (χ1) is 15.0. The van der Waals surface area contributed by atoms with E-state index < -0.39 is 47.4 Å². The number of hydrogen-bond acceptors (Lipinski definition) is 4. The number of nitrogens with one attached hydrogen (secondary N) is 2. The molecule has 32 heavy (non-hydrogen) atoms. The zero-order valence-corrected chi connectivity index (χ0v) is 17.3. The molecule has 0 saturated carbocycles. The van der Waals surface area contributed by atoms with Crippen molar-refractivity contribution in [1.82, 2.24) is 10.6 Å². The molecule has 2 aromatic carbocycles. The molecule has 0 radical (unpaired) electrons. The van der Waals surface area contributed by atoms with Gasteiger partial charge in [0.25, 0.3) is 0 Å². The lowest BCUT2D eigenvalue weighted by Crippen LogP contribution is -2.53. The lowest BCUT2D eigenvalue weighted by Gasteiger charge is -2.22. The van der Waals surface area contributed by atoms with E-state index in [0.717, 1.165) is 19.2 Å². The molecule has 2 aromatic rings. The zero-order chi connectivity index (χ0) is 23.9. The molecule has 0 aliphatic heterocycles. The van der Waals surface area contributed by atoms with Gasteiger partial charge < -0.3 is 15.4 Å². The Kier molecular flexibility index (Phi) is 8.34. The van der Waals surface area contributed by atoms with Crippen molar-refractivity contribution in [3.63, 3.8) is 0 Å². The highest BCUT2D eigenvalue weighted by Crippen LogP contribution is 2.29. The Bertz CT molecular complexity index is 961. The summed E-state index contributed by atoms with van der Waals surface area (Å²) in [4.78, 5) is 36.5. The molecule has 0 fully saturated rings. The molecule has 0 aliphatic carbocycles. The van der Waals surface area contributed by atoms with Crippen molar-refractivity contribution >= 4 is 17.8 Å². The van der Waals surface area contributed by atoms with Gasteiger partial charge in [-0.3, -0.25) is 9.59 Å². The number of benzene rings is 2. The predicted octanol–water partition coefficient (Wildman–Crippen LogP) is 2.79. The van der Waals surface area contributed by atoms with Crippen LogP contribution >= 0.6 is 0 Å². The third-order valence-electron chi connectivity index (χ3n) is 4.60. The highest BCUT2D eigenvalue weighted by molar-refractivity contribution is 5.90. The van der Waals surface area contributed by atoms with E-state index in [0.29, 0.717) is 5.56 Å². The van der Waals surface area contributed by atoms with E-state index in [9.17, 15) is 31.9 Å². The van der Waals surface area contributed by atoms with Crippen LogP contribution in [0.15, 0.2) is 48.5 Å². The molecule has 0 heterocycles. The van der Waals surface area contributed by atoms with Crippen molar-refractivity contribution in [2.75, 3.05) is 7.11 Å². The van der Waals surface area contributed by atoms with Crippen LogP contribution in [0.2, 0.25) is 0 Å². The van der Waals surface area contributed by atoms with E-state index in [1.54, 1.807) is 6.07 Å². The van der Waals surface area contributed by atoms with Crippen LogP contribution in [0.3, 0.4) is 0 Å². The largest absolute Gasteiger partial charge is 0.467 e. The third kappa shape index (κ3) is 7.07. The van der Waals surface area contributed by atoms with Crippen LogP contribution in [-0.4, -0.2) is 37.0 Å². The smallest absolute Gasteiger partial charge is 0.416 e. The van der Waals surface area contributed by atoms with Crippen LogP contribution in [0.4, 0.5) is 17.6 Å². The second-order valence-corrected chi connectivity index (χ2v) is 7.03. The lowest BCUT2D eigenvalue weighted by atomic mass is 10.0. The van der Waals surface area contributed by atoms with Gasteiger partial charge in [0, 0.05) is 19.8 Å². The number of esters is 1. The van der Waals surface area contributed by atoms with Gasteiger partial charge in [-0.2, -0.15) is 13.2 Å². The van der Waals surface area contributed by atoms with E-state index in [4.69, 9.17) is 0 Å². The van der Waals surface area contributed by atoms with Gasteiger partial charge in [-0.1, -0.05) is 30.3 Å². The van der Waals surface area contributed by atoms with Gasteiger partial charge in [-0.05, 0) is 29.3 Å². The molecule has 2 atom stereocenters. The maximum Gasteiger partial charge on any atom is 0.416 e. The Morgan fingerprint density at radius 3 is 2.09 bits per heavy atom. The number of hydrogen-bond donors (Lipinski definition) is 2. The average Bonchev–Trinajstić information content (AvgIpc) is 2.73. The summed E-state index contributed by atoms with van der Waals surface area (Å²) in [5, 5.41) is 4.84. The number of ether oxygens (including phenoxy) is 1. The maximum absolute atomic E-state index is 14.0. The van der Waals surface area contributed by atoms with Crippen LogP contribution in [-0.2, 0) is 38.1 Å². The molecule has 6 nitrogen and oxygen atoms in total. The van der Waals surface area contributed by atoms with Crippen molar-refractivity contribution in [2.24, 2.45) is 0 Å². The summed E-state index contributed by atoms with van der Waals surface area (Å²) in [6.07, 6.45) is -4.83. The first-order valence-electron chi connectivity index (χ1n) is 9.56. The Morgan fingerprint density at radius 1 is 0.938 bits per heavy atom. The van der Waals surface area contributed by atoms with Gasteiger partial charge in [-0.15, -0.1) is 0 Å². The number of methoxy groups -OCH3 is 1. The van der Waals surface area contributed by atoms with Crippen LogP contribution in [0.25, 0.3) is 0 Å². The van der Waals surface area contributed by atoms with Gasteiger partial charge in [0.05, 0.1) is 12.7 Å². The highest BCUT2D eigenvalue weighted by Gasteiger charge is 2.31. The third-order valence-corrected chi connectivity index (χ3v) is 4.60. The molecule has 2 rings (SSSR count). The highest BCUT2D eigenvalue weighted by atomic mass is 19.4. The second kappa shape index (κ2) is 10.7. The van der Waals surface area contributed by atoms with Crippen molar-refractivity contribution in [1.29, 1.82) is 0 Å². The standard InChI is InChI=1S/C22H22F4N2O4/c1-13(29)27-18(12-15-5-3-4-6-17(15)23)20(30)28-19(21(31)32-2)11-14-7-9-16(10-8-14)22(24,25)26/h3-10,18-19H,11-12H2,1-2H3,(H,27,29)(H,28,30)/t18-,19-/m0/s1. The summed E-state index contributed by atoms with van der Waals surface area (Å²) in [5.74, 6) is -2.71. The first kappa shape index (κ1) is 24.8. The van der Waals surface area contributed by atoms with Gasteiger partial charge in [0.1, 0.15) is 17.9 Å². The molecule has 0 aromatic heterocycles. The van der Waals surface area contributed by atoms with Crippen LogP contribution < -0.4 is 10.6 Å². The van der Waals surface area contributed by atoms with Gasteiger partial charge in [0.15, 0.2) is 0 Å². The number of carbonyl (C=O) groups excluding carboxylic acids is 3. The Labute approximate surface area is 181 Å². The van der Waals surface area contributed by atoms with Crippen LogP contribution in [0.1, 0.15) is 23.6 Å². The van der Waals surface area contributed by atoms with E-state index in [1.807, 2.05) is 0 Å². The lowest BCUT2D eigenvalue weighted by molar-refractivity contribution is -0.145. The number of rotatable bonds is 8. The predicted molar refractivity (Wildman–Crippen MR) is 107 cm³/mol. The average molecular weight is 454 g/mol. The quantitative estimate of drug-likeness (QED) is 0.475. The van der Waals surface area contributed by atoms with E-state index in [2.05, 4.69) is 15.4 Å². The van der Waals surface area contributed by atoms with E-state index in [-0.39, 0.29) is 18.4 Å². The summed E-state index contributed by atoms with van der Waals surface area (Å²) < 4.78 is 56.9. The maximum atomic E-state index is 14.0. The molecule has 0 bridgehead atoms. The normalized spacial score (nSPS) is 13.1. The van der Waals surface area contributed by atoms with Crippen molar-refractivity contribution in [3.8, 4) is 0 Å². The van der Waals surface area contributed by atoms with Crippen molar-refractivity contribution in [3.05, 3.63) is 71.0 Å². The molecule has 0 aliphatic rings. The first-order valence-corrected chi connectivity index (χ1v) is 9.56. The molecule has 2 N–H and O–H groups in total. The van der Waals surface area contributed by atoms with Crippen LogP contribution in [0.5, 0.6) is 0 Å². The molecular formula is C22H22F4N2O4. The Hall–Kier alpha value is -3.43. The monoisotopic (exact) mass is 454 g/mol. The van der Waals surface area contributed by atoms with Gasteiger partial charge >= 0.3 is 12.1 Å². The molecular weight excluding hydrogens is 432 g/mol. The zero-order valence-electron chi connectivity index (χ0n) is 17.3. The minimum atomic E-state index is -4.51. The molecule has 2 amide bonds. The number of halogens is 4. The number of alkyl halides is 3. The summed E-state index contributed by atoms with van der Waals surface area (Å²) in [6, 6.07) is 7.40. The van der Waals surface area contributed by atoms with Crippen molar-refractivity contribution in [2.45, 2.75) is 38.0 Å². The fraction of sp³-hybridized carbons (Fsp3) is 0.318. The van der Waals surface area contributed by atoms with Crippen LogP contribution in [0, 0.1) is 5.82 Å². The molecule has 0 unspecified atom stereocenters. The molecule has 172 valence electrons. The molecule has 10 heteroatoms. The minimum Gasteiger partial charge on any atom is -0.467 e. The summed E-state index contributed by atoms with van der Waals surface area (Å²) in [6.45, 7) is 1.18. The fourth-order valence-electron chi connectivity index (χ4n) is 3.01. The van der Waals surface area contributed by atoms with E-state index >= 15 is 0 Å². The topological polar surface area (TPSA) is 84.5 Å². The Morgan fingerprint density at radius 2 is 1.56 bits per heavy atom. The fourth-order valence-corrected chi connectivity index (χ4v) is 3.01. The van der Waals surface area contributed by atoms with Gasteiger partial charge in [-0.25, -0.2) is 9.18 Å². The molecule has 0 spiro atoms. The SMILES string of the molecule is COC(=O)[C@H](Cc1ccc(C(F)(F)F)cc1)NC(=O)[C@H](Cc1ccccc1F)NC(C)=O. The van der Waals surface area contributed by atoms with Gasteiger partial charge in [0.2, 0.25) is 11.8 Å². The number of amides is 2. The van der Waals surface area contributed by atoms with E-state index in [1.165, 1.54) is 37.3 Å². The summed E-state index contributed by atoms with van der Waals surface area (Å²) >= 11 is 0. The summed E-state index contributed by atoms with van der Waals surface area (Å²) in [7, 11) is 1.10. The molecule has 0 saturated heterocycles. The summed E-state index contributed by atoms with van der Waals surface area (Å²) in [5.41, 5.74) is -0.326. The van der Waals surface area contributed by atoms with Crippen molar-refractivity contribution < 1.29 is 36.7 Å². The Balaban J connectivity index is 2.19.